The molecule has 1 rings (SSSR count). The highest BCUT2D eigenvalue weighted by Crippen LogP contribution is 2.34. The number of aryl methyl sites for hydroxylation is 1. The summed E-state index contributed by atoms with van der Waals surface area (Å²) in [5.74, 6) is 0. The lowest BCUT2D eigenvalue weighted by atomic mass is 10.1. The van der Waals surface area contributed by atoms with Crippen LogP contribution >= 0.6 is 0 Å². The van der Waals surface area contributed by atoms with Gasteiger partial charge in [0, 0.05) is 0 Å². The maximum absolute atomic E-state index is 12.6. The number of nitrogens with one attached hydrogen (secondary N) is 1. The van der Waals surface area contributed by atoms with Crippen LogP contribution in [0, 0.1) is 6.92 Å². The molecule has 1 aromatic rings. The number of benzene rings is 1. The van der Waals surface area contributed by atoms with E-state index in [-0.39, 0.29) is 0 Å². The first-order valence-electron chi connectivity index (χ1n) is 4.30. The summed E-state index contributed by atoms with van der Waals surface area (Å²) in [4.78, 5) is -0.756. The van der Waals surface area contributed by atoms with Crippen LogP contribution in [-0.2, 0) is 16.2 Å². The molecule has 0 radical (unpaired) electrons. The fourth-order valence-electron chi connectivity index (χ4n) is 1.21. The van der Waals surface area contributed by atoms with Crippen molar-refractivity contribution in [1.82, 2.24) is 4.72 Å². The maximum atomic E-state index is 12.6. The maximum Gasteiger partial charge on any atom is 0.417 e. The minimum atomic E-state index is -4.69. The van der Waals surface area contributed by atoms with Crippen LogP contribution in [0.1, 0.15) is 11.1 Å². The molecule has 0 bridgehead atoms. The van der Waals surface area contributed by atoms with Gasteiger partial charge in [0.2, 0.25) is 10.0 Å². The molecule has 0 spiro atoms. The first-order valence-corrected chi connectivity index (χ1v) is 5.78. The average Bonchev–Trinajstić information content (AvgIpc) is 2.16. The predicted octanol–water partition coefficient (Wildman–Crippen LogP) is 1.92. The van der Waals surface area contributed by atoms with Gasteiger partial charge in [-0.15, -0.1) is 0 Å². The zero-order chi connectivity index (χ0) is 12.6. The molecular formula is C9H10F3NO2S. The highest BCUT2D eigenvalue weighted by atomic mass is 32.2. The zero-order valence-electron chi connectivity index (χ0n) is 8.59. The minimum Gasteiger partial charge on any atom is -0.214 e. The summed E-state index contributed by atoms with van der Waals surface area (Å²) in [5.41, 5.74) is -0.802. The van der Waals surface area contributed by atoms with E-state index in [0.29, 0.717) is 5.56 Å². The first kappa shape index (κ1) is 13.0. The molecule has 0 saturated heterocycles. The molecule has 16 heavy (non-hydrogen) atoms. The van der Waals surface area contributed by atoms with Crippen LogP contribution in [0.3, 0.4) is 0 Å². The molecule has 0 fully saturated rings. The molecule has 0 heterocycles. The molecule has 0 unspecified atom stereocenters. The quantitative estimate of drug-likeness (QED) is 0.875. The number of hydrogen-bond donors (Lipinski definition) is 1. The Morgan fingerprint density at radius 1 is 1.25 bits per heavy atom. The second-order valence-electron chi connectivity index (χ2n) is 3.20. The van der Waals surface area contributed by atoms with Gasteiger partial charge in [-0.1, -0.05) is 11.6 Å². The molecule has 0 aliphatic heterocycles. The normalized spacial score (nSPS) is 12.8. The van der Waals surface area contributed by atoms with Crippen molar-refractivity contribution >= 4 is 10.0 Å². The van der Waals surface area contributed by atoms with E-state index in [1.165, 1.54) is 13.0 Å². The van der Waals surface area contributed by atoms with Crippen molar-refractivity contribution in [2.24, 2.45) is 0 Å². The molecule has 0 aliphatic rings. The summed E-state index contributed by atoms with van der Waals surface area (Å²) in [6, 6.07) is 3.08. The molecule has 0 aliphatic carbocycles. The first-order chi connectivity index (χ1) is 7.18. The Bertz CT molecular complexity index is 494. The lowest BCUT2D eigenvalue weighted by molar-refractivity contribution is -0.139. The van der Waals surface area contributed by atoms with Gasteiger partial charge >= 0.3 is 6.18 Å². The molecule has 0 amide bonds. The highest BCUT2D eigenvalue weighted by molar-refractivity contribution is 7.89. The Hall–Kier alpha value is -1.08. The van der Waals surface area contributed by atoms with Crippen molar-refractivity contribution in [3.63, 3.8) is 0 Å². The number of halogens is 3. The number of sulfonamides is 1. The van der Waals surface area contributed by atoms with Gasteiger partial charge in [-0.3, -0.25) is 0 Å². The second kappa shape index (κ2) is 4.06. The lowest BCUT2D eigenvalue weighted by Gasteiger charge is -2.13. The predicted molar refractivity (Wildman–Crippen MR) is 52.4 cm³/mol. The number of rotatable bonds is 2. The standard InChI is InChI=1S/C9H10F3NO2S/c1-6-3-4-8(16(14,15)13-2)7(5-6)9(10,11)12/h3-5,13H,1-2H3. The summed E-state index contributed by atoms with van der Waals surface area (Å²) in [6.45, 7) is 1.46. The van der Waals surface area contributed by atoms with Crippen LogP contribution in [0.2, 0.25) is 0 Å². The van der Waals surface area contributed by atoms with E-state index < -0.39 is 26.7 Å². The Morgan fingerprint density at radius 3 is 2.25 bits per heavy atom. The topological polar surface area (TPSA) is 46.2 Å². The zero-order valence-corrected chi connectivity index (χ0v) is 9.41. The van der Waals surface area contributed by atoms with Gasteiger partial charge in [0.05, 0.1) is 10.5 Å². The molecule has 0 saturated carbocycles. The highest BCUT2D eigenvalue weighted by Gasteiger charge is 2.36. The van der Waals surface area contributed by atoms with Crippen molar-refractivity contribution in [3.05, 3.63) is 29.3 Å². The van der Waals surface area contributed by atoms with Crippen LogP contribution in [0.25, 0.3) is 0 Å². The fraction of sp³-hybridized carbons (Fsp3) is 0.333. The number of hydrogen-bond acceptors (Lipinski definition) is 2. The van der Waals surface area contributed by atoms with Gasteiger partial charge in [-0.25, -0.2) is 13.1 Å². The molecular weight excluding hydrogens is 243 g/mol. The second-order valence-corrected chi connectivity index (χ2v) is 5.06. The van der Waals surface area contributed by atoms with Gasteiger partial charge < -0.3 is 0 Å². The largest absolute Gasteiger partial charge is 0.417 e. The van der Waals surface area contributed by atoms with Crippen LogP contribution in [0.15, 0.2) is 23.1 Å². The Balaban J connectivity index is 3.53. The summed E-state index contributed by atoms with van der Waals surface area (Å²) in [7, 11) is -3.03. The van der Waals surface area contributed by atoms with E-state index >= 15 is 0 Å². The molecule has 1 N–H and O–H groups in total. The van der Waals surface area contributed by atoms with E-state index in [2.05, 4.69) is 0 Å². The number of alkyl halides is 3. The molecule has 7 heteroatoms. The van der Waals surface area contributed by atoms with E-state index in [1.807, 2.05) is 4.72 Å². The van der Waals surface area contributed by atoms with Gasteiger partial charge in [0.1, 0.15) is 0 Å². The summed E-state index contributed by atoms with van der Waals surface area (Å²) in [6.07, 6.45) is -4.69. The van der Waals surface area contributed by atoms with Crippen LogP contribution in [0.4, 0.5) is 13.2 Å². The lowest BCUT2D eigenvalue weighted by Crippen LogP contribution is -2.22. The van der Waals surface area contributed by atoms with E-state index in [9.17, 15) is 21.6 Å². The van der Waals surface area contributed by atoms with Gasteiger partial charge in [0.25, 0.3) is 0 Å². The van der Waals surface area contributed by atoms with Crippen LogP contribution < -0.4 is 4.72 Å². The molecule has 0 aromatic heterocycles. The summed E-state index contributed by atoms with van der Waals surface area (Å²) >= 11 is 0. The third-order valence-electron chi connectivity index (χ3n) is 2.00. The van der Waals surface area contributed by atoms with E-state index in [0.717, 1.165) is 19.2 Å². The van der Waals surface area contributed by atoms with Crippen molar-refractivity contribution < 1.29 is 21.6 Å². The van der Waals surface area contributed by atoms with Gasteiger partial charge in [0.15, 0.2) is 0 Å². The van der Waals surface area contributed by atoms with E-state index in [4.69, 9.17) is 0 Å². The monoisotopic (exact) mass is 253 g/mol. The smallest absolute Gasteiger partial charge is 0.214 e. The Kier molecular flexibility index (Phi) is 3.30. The van der Waals surface area contributed by atoms with Crippen molar-refractivity contribution in [3.8, 4) is 0 Å². The van der Waals surface area contributed by atoms with E-state index in [1.54, 1.807) is 0 Å². The van der Waals surface area contributed by atoms with Gasteiger partial charge in [-0.2, -0.15) is 13.2 Å². The summed E-state index contributed by atoms with van der Waals surface area (Å²) in [5, 5.41) is 0. The molecule has 90 valence electrons. The fourth-order valence-corrected chi connectivity index (χ4v) is 2.14. The third-order valence-corrected chi connectivity index (χ3v) is 3.47. The SMILES string of the molecule is CNS(=O)(=O)c1ccc(C)cc1C(F)(F)F. The van der Waals surface area contributed by atoms with Crippen molar-refractivity contribution in [1.29, 1.82) is 0 Å². The van der Waals surface area contributed by atoms with Crippen LogP contribution in [-0.4, -0.2) is 15.5 Å². The molecule has 3 nitrogen and oxygen atoms in total. The molecule has 1 aromatic carbocycles. The van der Waals surface area contributed by atoms with Gasteiger partial charge in [-0.05, 0) is 26.1 Å². The summed E-state index contributed by atoms with van der Waals surface area (Å²) < 4.78 is 62.4. The Morgan fingerprint density at radius 2 is 1.81 bits per heavy atom. The minimum absolute atomic E-state index is 0.349. The van der Waals surface area contributed by atoms with Crippen molar-refractivity contribution in [2.45, 2.75) is 18.0 Å². The Labute approximate surface area is 91.3 Å². The van der Waals surface area contributed by atoms with Crippen molar-refractivity contribution in [2.75, 3.05) is 7.05 Å². The average molecular weight is 253 g/mol. The van der Waals surface area contributed by atoms with Crippen LogP contribution in [0.5, 0.6) is 0 Å². The molecule has 0 atom stereocenters. The third kappa shape index (κ3) is 2.53.